The molecule has 0 spiro atoms. The Hall–Kier alpha value is -0.970. The van der Waals surface area contributed by atoms with Crippen LogP contribution in [0.3, 0.4) is 0 Å². The van der Waals surface area contributed by atoms with Crippen LogP contribution in [-0.4, -0.2) is 42.5 Å². The molecule has 1 atom stereocenters. The van der Waals surface area contributed by atoms with E-state index in [-0.39, 0.29) is 11.9 Å². The summed E-state index contributed by atoms with van der Waals surface area (Å²) in [6.45, 7) is 9.88. The summed E-state index contributed by atoms with van der Waals surface area (Å²) < 4.78 is 13.9. The molecule has 0 saturated heterocycles. The van der Waals surface area contributed by atoms with Crippen molar-refractivity contribution in [3.05, 3.63) is 35.1 Å². The van der Waals surface area contributed by atoms with Crippen molar-refractivity contribution in [1.82, 2.24) is 9.80 Å². The molecule has 1 aliphatic rings. The number of hydrogen-bond donors (Lipinski definition) is 1. The lowest BCUT2D eigenvalue weighted by Gasteiger charge is -2.25. The fraction of sp³-hybridized carbons (Fsp3) is 0.625. The lowest BCUT2D eigenvalue weighted by Crippen LogP contribution is -2.32. The highest BCUT2D eigenvalue weighted by atomic mass is 19.1. The van der Waals surface area contributed by atoms with Crippen LogP contribution in [0.15, 0.2) is 18.2 Å². The maximum Gasteiger partial charge on any atom is 0.128 e. The Kier molecular flexibility index (Phi) is 5.52. The van der Waals surface area contributed by atoms with E-state index in [2.05, 4.69) is 23.6 Å². The molecule has 0 fully saturated rings. The van der Waals surface area contributed by atoms with Gasteiger partial charge in [0.1, 0.15) is 5.82 Å². The quantitative estimate of drug-likeness (QED) is 0.832. The molecule has 0 aromatic heterocycles. The number of nitrogens with zero attached hydrogens (tertiary/aromatic N) is 2. The molecule has 1 unspecified atom stereocenters. The van der Waals surface area contributed by atoms with Crippen LogP contribution in [0, 0.1) is 5.82 Å². The van der Waals surface area contributed by atoms with Crippen LogP contribution in [0.1, 0.15) is 37.4 Å². The van der Waals surface area contributed by atoms with Gasteiger partial charge in [-0.3, -0.25) is 4.90 Å². The zero-order chi connectivity index (χ0) is 14.5. The summed E-state index contributed by atoms with van der Waals surface area (Å²) in [4.78, 5) is 4.73. The minimum atomic E-state index is -0.0906. The molecule has 0 amide bonds. The molecule has 0 saturated carbocycles. The Morgan fingerprint density at radius 1 is 1.35 bits per heavy atom. The number of benzene rings is 1. The van der Waals surface area contributed by atoms with Gasteiger partial charge in [0.25, 0.3) is 0 Å². The number of hydrogen-bond acceptors (Lipinski definition) is 3. The van der Waals surface area contributed by atoms with Crippen molar-refractivity contribution in [3.63, 3.8) is 0 Å². The second kappa shape index (κ2) is 7.16. The van der Waals surface area contributed by atoms with Gasteiger partial charge in [0.15, 0.2) is 0 Å². The topological polar surface area (TPSA) is 32.5 Å². The second-order valence-corrected chi connectivity index (χ2v) is 5.41. The first kappa shape index (κ1) is 15.4. The van der Waals surface area contributed by atoms with Crippen molar-refractivity contribution in [1.29, 1.82) is 0 Å². The van der Waals surface area contributed by atoms with Crippen molar-refractivity contribution in [2.75, 3.05) is 32.7 Å². The van der Waals surface area contributed by atoms with Crippen LogP contribution in [0.25, 0.3) is 0 Å². The zero-order valence-corrected chi connectivity index (χ0v) is 12.6. The predicted molar refractivity (Wildman–Crippen MR) is 81.0 cm³/mol. The number of halogens is 1. The Morgan fingerprint density at radius 2 is 2.10 bits per heavy atom. The van der Waals surface area contributed by atoms with E-state index in [1.165, 1.54) is 0 Å². The van der Waals surface area contributed by atoms with Crippen molar-refractivity contribution in [3.8, 4) is 0 Å². The van der Waals surface area contributed by atoms with Gasteiger partial charge < -0.3 is 10.6 Å². The summed E-state index contributed by atoms with van der Waals surface area (Å²) in [5, 5.41) is 0. The smallest absolute Gasteiger partial charge is 0.128 e. The molecule has 112 valence electrons. The van der Waals surface area contributed by atoms with E-state index in [0.717, 1.165) is 43.7 Å². The van der Waals surface area contributed by atoms with E-state index in [4.69, 9.17) is 5.73 Å². The Bertz CT molecular complexity index is 432. The first-order valence-corrected chi connectivity index (χ1v) is 7.65. The van der Waals surface area contributed by atoms with Gasteiger partial charge in [-0.2, -0.15) is 0 Å². The molecule has 2 N–H and O–H groups in total. The predicted octanol–water partition coefficient (Wildman–Crippen LogP) is 2.37. The molecule has 1 aromatic carbocycles. The highest BCUT2D eigenvalue weighted by Crippen LogP contribution is 2.34. The molecule has 1 aliphatic heterocycles. The van der Waals surface area contributed by atoms with Crippen LogP contribution < -0.4 is 5.73 Å². The van der Waals surface area contributed by atoms with E-state index in [9.17, 15) is 4.39 Å². The fourth-order valence-corrected chi connectivity index (χ4v) is 3.11. The molecule has 4 heteroatoms. The molecule has 3 nitrogen and oxygen atoms in total. The van der Waals surface area contributed by atoms with Gasteiger partial charge >= 0.3 is 0 Å². The van der Waals surface area contributed by atoms with E-state index in [1.807, 2.05) is 6.07 Å². The number of fused-ring (bicyclic) bond motifs is 1. The average molecular weight is 279 g/mol. The molecule has 20 heavy (non-hydrogen) atoms. The van der Waals surface area contributed by atoms with Gasteiger partial charge in [-0.05, 0) is 37.7 Å². The van der Waals surface area contributed by atoms with Gasteiger partial charge in [-0.15, -0.1) is 0 Å². The fourth-order valence-electron chi connectivity index (χ4n) is 3.11. The van der Waals surface area contributed by atoms with E-state index >= 15 is 0 Å². The summed E-state index contributed by atoms with van der Waals surface area (Å²) >= 11 is 0. The molecule has 0 aliphatic carbocycles. The summed E-state index contributed by atoms with van der Waals surface area (Å²) in [5.74, 6) is -0.0906. The van der Waals surface area contributed by atoms with Crippen LogP contribution in [0.4, 0.5) is 4.39 Å². The minimum Gasteiger partial charge on any atom is -0.329 e. The largest absolute Gasteiger partial charge is 0.329 e. The van der Waals surface area contributed by atoms with Gasteiger partial charge in [-0.25, -0.2) is 4.39 Å². The van der Waals surface area contributed by atoms with Gasteiger partial charge in [0, 0.05) is 31.2 Å². The summed E-state index contributed by atoms with van der Waals surface area (Å²) in [5.41, 5.74) is 7.82. The Balaban J connectivity index is 1.96. The van der Waals surface area contributed by atoms with Crippen molar-refractivity contribution >= 4 is 0 Å². The van der Waals surface area contributed by atoms with Crippen LogP contribution >= 0.6 is 0 Å². The third-order valence-electron chi connectivity index (χ3n) is 4.35. The molecule has 2 rings (SSSR count). The lowest BCUT2D eigenvalue weighted by molar-refractivity contribution is 0.198. The van der Waals surface area contributed by atoms with Gasteiger partial charge in [0.05, 0.1) is 0 Å². The summed E-state index contributed by atoms with van der Waals surface area (Å²) in [6.07, 6.45) is 1.10. The Morgan fingerprint density at radius 3 is 2.75 bits per heavy atom. The number of rotatable bonds is 7. The summed E-state index contributed by atoms with van der Waals surface area (Å²) in [6, 6.07) is 5.53. The third kappa shape index (κ3) is 3.19. The normalized spacial score (nSPS) is 18.8. The van der Waals surface area contributed by atoms with E-state index in [0.29, 0.717) is 13.1 Å². The second-order valence-electron chi connectivity index (χ2n) is 5.41. The standard InChI is InChI=1S/C16H26FN3/c1-3-19(4-2)9-6-10-20-12-14-13(16(20)11-18)7-5-8-15(14)17/h5,7-8,16H,3-4,6,9-12,18H2,1-2H3. The zero-order valence-electron chi connectivity index (χ0n) is 12.6. The molecular formula is C16H26FN3. The molecule has 0 bridgehead atoms. The molecule has 1 aromatic rings. The SMILES string of the molecule is CCN(CC)CCCN1Cc2c(F)cccc2C1CN. The molecule has 0 radical (unpaired) electrons. The molecule has 1 heterocycles. The highest BCUT2D eigenvalue weighted by molar-refractivity contribution is 5.35. The summed E-state index contributed by atoms with van der Waals surface area (Å²) in [7, 11) is 0. The first-order valence-electron chi connectivity index (χ1n) is 7.65. The minimum absolute atomic E-state index is 0.0906. The van der Waals surface area contributed by atoms with Crippen LogP contribution in [-0.2, 0) is 6.54 Å². The van der Waals surface area contributed by atoms with E-state index in [1.54, 1.807) is 12.1 Å². The van der Waals surface area contributed by atoms with Crippen molar-refractivity contribution < 1.29 is 4.39 Å². The highest BCUT2D eigenvalue weighted by Gasteiger charge is 2.30. The maximum absolute atomic E-state index is 13.9. The van der Waals surface area contributed by atoms with Crippen LogP contribution in [0.5, 0.6) is 0 Å². The third-order valence-corrected chi connectivity index (χ3v) is 4.35. The maximum atomic E-state index is 13.9. The monoisotopic (exact) mass is 279 g/mol. The Labute approximate surface area is 121 Å². The van der Waals surface area contributed by atoms with E-state index < -0.39 is 0 Å². The average Bonchev–Trinajstić information content (AvgIpc) is 2.82. The first-order chi connectivity index (χ1) is 9.71. The van der Waals surface area contributed by atoms with Crippen molar-refractivity contribution in [2.45, 2.75) is 32.9 Å². The lowest BCUT2D eigenvalue weighted by atomic mass is 10.0. The van der Waals surface area contributed by atoms with Gasteiger partial charge in [0.2, 0.25) is 0 Å². The van der Waals surface area contributed by atoms with Gasteiger partial charge in [-0.1, -0.05) is 26.0 Å². The molecular weight excluding hydrogens is 253 g/mol. The van der Waals surface area contributed by atoms with Crippen LogP contribution in [0.2, 0.25) is 0 Å². The van der Waals surface area contributed by atoms with Crippen molar-refractivity contribution in [2.24, 2.45) is 5.73 Å². The number of nitrogens with two attached hydrogens (primary N) is 1.